The van der Waals surface area contributed by atoms with E-state index in [-0.39, 0.29) is 23.5 Å². The van der Waals surface area contributed by atoms with Gasteiger partial charge in [0.1, 0.15) is 6.04 Å². The predicted molar refractivity (Wildman–Crippen MR) is 79.1 cm³/mol. The van der Waals surface area contributed by atoms with E-state index in [0.717, 1.165) is 18.6 Å². The normalized spacial score (nSPS) is 25.8. The lowest BCUT2D eigenvalue weighted by atomic mass is 9.64. The van der Waals surface area contributed by atoms with Crippen molar-refractivity contribution >= 4 is 5.91 Å². The number of ether oxygens (including phenoxy) is 1. The van der Waals surface area contributed by atoms with Crippen LogP contribution in [-0.4, -0.2) is 24.7 Å². The molecule has 3 N–H and O–H groups in total. The highest BCUT2D eigenvalue weighted by Crippen LogP contribution is 2.43. The summed E-state index contributed by atoms with van der Waals surface area (Å²) in [6, 6.07) is 9.41. The van der Waals surface area contributed by atoms with Crippen LogP contribution in [0.5, 0.6) is 0 Å². The lowest BCUT2D eigenvalue weighted by molar-refractivity contribution is -0.129. The standard InChI is InChI=1S/C16H24N2O2/c1-4-20-13-10-12(16(13,2)3)18-14(15(17)19)11-8-6-5-7-9-11/h5-9,12-14,18H,4,10H2,1-3H3,(H2,17,19)/t12-,13+,14-/m1/s1. The van der Waals surface area contributed by atoms with Crippen LogP contribution in [0.1, 0.15) is 38.8 Å². The van der Waals surface area contributed by atoms with E-state index in [1.54, 1.807) is 0 Å². The number of hydrogen-bond acceptors (Lipinski definition) is 3. The molecule has 0 bridgehead atoms. The SMILES string of the molecule is CCO[C@H]1C[C@@H](N[C@@H](C(N)=O)c2ccccc2)C1(C)C. The van der Waals surface area contributed by atoms with E-state index in [2.05, 4.69) is 19.2 Å². The van der Waals surface area contributed by atoms with Crippen LogP contribution in [0.15, 0.2) is 30.3 Å². The van der Waals surface area contributed by atoms with Crippen molar-refractivity contribution in [2.24, 2.45) is 11.1 Å². The molecular formula is C16H24N2O2. The minimum atomic E-state index is -0.442. The molecule has 0 saturated heterocycles. The monoisotopic (exact) mass is 276 g/mol. The number of amides is 1. The van der Waals surface area contributed by atoms with Crippen molar-refractivity contribution < 1.29 is 9.53 Å². The highest BCUT2D eigenvalue weighted by molar-refractivity contribution is 5.81. The predicted octanol–water partition coefficient (Wildman–Crippen LogP) is 2.01. The molecule has 4 nitrogen and oxygen atoms in total. The summed E-state index contributed by atoms with van der Waals surface area (Å²) >= 11 is 0. The van der Waals surface area contributed by atoms with Gasteiger partial charge in [-0.1, -0.05) is 44.2 Å². The molecule has 1 aliphatic rings. The summed E-state index contributed by atoms with van der Waals surface area (Å²) in [4.78, 5) is 11.7. The Hall–Kier alpha value is -1.39. The Kier molecular flexibility index (Phi) is 4.45. The van der Waals surface area contributed by atoms with Crippen LogP contribution in [-0.2, 0) is 9.53 Å². The number of hydrogen-bond donors (Lipinski definition) is 2. The second kappa shape index (κ2) is 5.94. The Balaban J connectivity index is 2.06. The van der Waals surface area contributed by atoms with E-state index in [4.69, 9.17) is 10.5 Å². The first kappa shape index (κ1) is 15.0. The first-order valence-corrected chi connectivity index (χ1v) is 7.18. The number of carbonyl (C=O) groups is 1. The molecule has 1 aromatic rings. The fourth-order valence-electron chi connectivity index (χ4n) is 2.84. The molecule has 1 amide bonds. The van der Waals surface area contributed by atoms with E-state index in [0.29, 0.717) is 0 Å². The van der Waals surface area contributed by atoms with Gasteiger partial charge in [0.2, 0.25) is 5.91 Å². The van der Waals surface area contributed by atoms with E-state index in [1.165, 1.54) is 0 Å². The zero-order valence-corrected chi connectivity index (χ0v) is 12.4. The van der Waals surface area contributed by atoms with Crippen LogP contribution in [0.2, 0.25) is 0 Å². The van der Waals surface area contributed by atoms with E-state index < -0.39 is 6.04 Å². The Morgan fingerprint density at radius 3 is 2.60 bits per heavy atom. The topological polar surface area (TPSA) is 64.3 Å². The van der Waals surface area contributed by atoms with Gasteiger partial charge >= 0.3 is 0 Å². The molecule has 1 aromatic carbocycles. The third-order valence-electron chi connectivity index (χ3n) is 4.33. The molecule has 0 aromatic heterocycles. The number of carbonyl (C=O) groups excluding carboxylic acids is 1. The van der Waals surface area contributed by atoms with Crippen molar-refractivity contribution in [2.45, 2.75) is 45.4 Å². The van der Waals surface area contributed by atoms with Gasteiger partial charge in [-0.05, 0) is 18.9 Å². The summed E-state index contributed by atoms with van der Waals surface area (Å²) in [5.74, 6) is -0.341. The molecule has 0 heterocycles. The number of nitrogens with one attached hydrogen (secondary N) is 1. The average molecular weight is 276 g/mol. The van der Waals surface area contributed by atoms with Crippen LogP contribution < -0.4 is 11.1 Å². The van der Waals surface area contributed by atoms with Crippen molar-refractivity contribution in [3.8, 4) is 0 Å². The minimum Gasteiger partial charge on any atom is -0.378 e. The molecule has 110 valence electrons. The Morgan fingerprint density at radius 1 is 1.45 bits per heavy atom. The lowest BCUT2D eigenvalue weighted by Gasteiger charge is -2.52. The molecule has 1 saturated carbocycles. The highest BCUT2D eigenvalue weighted by atomic mass is 16.5. The van der Waals surface area contributed by atoms with Crippen LogP contribution in [0.3, 0.4) is 0 Å². The number of rotatable bonds is 6. The average Bonchev–Trinajstić information content (AvgIpc) is 2.42. The van der Waals surface area contributed by atoms with Gasteiger partial charge in [-0.2, -0.15) is 0 Å². The molecule has 3 atom stereocenters. The van der Waals surface area contributed by atoms with Crippen molar-refractivity contribution in [1.29, 1.82) is 0 Å². The Labute approximate surface area is 120 Å². The first-order chi connectivity index (χ1) is 9.46. The van der Waals surface area contributed by atoms with Crippen LogP contribution in [0.25, 0.3) is 0 Å². The van der Waals surface area contributed by atoms with E-state index >= 15 is 0 Å². The molecule has 0 radical (unpaired) electrons. The van der Waals surface area contributed by atoms with Gasteiger partial charge < -0.3 is 10.5 Å². The number of nitrogens with two attached hydrogens (primary N) is 1. The van der Waals surface area contributed by atoms with Crippen molar-refractivity contribution in [1.82, 2.24) is 5.32 Å². The largest absolute Gasteiger partial charge is 0.378 e. The third kappa shape index (κ3) is 2.86. The van der Waals surface area contributed by atoms with Gasteiger partial charge in [0.15, 0.2) is 0 Å². The van der Waals surface area contributed by atoms with Gasteiger partial charge in [-0.25, -0.2) is 0 Å². The van der Waals surface area contributed by atoms with Crippen LogP contribution in [0.4, 0.5) is 0 Å². The second-order valence-corrected chi connectivity index (χ2v) is 5.97. The van der Waals surface area contributed by atoms with Crippen molar-refractivity contribution in [3.63, 3.8) is 0 Å². The maximum atomic E-state index is 11.7. The molecule has 0 spiro atoms. The zero-order chi connectivity index (χ0) is 14.8. The first-order valence-electron chi connectivity index (χ1n) is 7.18. The lowest BCUT2D eigenvalue weighted by Crippen LogP contribution is -2.62. The molecule has 1 fully saturated rings. The fourth-order valence-corrected chi connectivity index (χ4v) is 2.84. The third-order valence-corrected chi connectivity index (χ3v) is 4.33. The molecule has 0 unspecified atom stereocenters. The number of primary amides is 1. The van der Waals surface area contributed by atoms with Gasteiger partial charge in [-0.3, -0.25) is 10.1 Å². The summed E-state index contributed by atoms with van der Waals surface area (Å²) in [6.45, 7) is 7.06. The van der Waals surface area contributed by atoms with Gasteiger partial charge in [0.25, 0.3) is 0 Å². The summed E-state index contributed by atoms with van der Waals surface area (Å²) in [5, 5.41) is 3.39. The van der Waals surface area contributed by atoms with Gasteiger partial charge in [0.05, 0.1) is 6.10 Å². The molecule has 2 rings (SSSR count). The summed E-state index contributed by atoms with van der Waals surface area (Å²) in [7, 11) is 0. The molecular weight excluding hydrogens is 252 g/mol. The van der Waals surface area contributed by atoms with Gasteiger partial charge in [-0.15, -0.1) is 0 Å². The molecule has 0 aliphatic heterocycles. The maximum Gasteiger partial charge on any atom is 0.239 e. The zero-order valence-electron chi connectivity index (χ0n) is 12.4. The van der Waals surface area contributed by atoms with E-state index in [9.17, 15) is 4.79 Å². The fraction of sp³-hybridized carbons (Fsp3) is 0.562. The maximum absolute atomic E-state index is 11.7. The summed E-state index contributed by atoms with van der Waals surface area (Å²) < 4.78 is 5.71. The smallest absolute Gasteiger partial charge is 0.239 e. The highest BCUT2D eigenvalue weighted by Gasteiger charge is 2.49. The van der Waals surface area contributed by atoms with Crippen molar-refractivity contribution in [2.75, 3.05) is 6.61 Å². The Bertz CT molecular complexity index is 459. The van der Waals surface area contributed by atoms with Crippen molar-refractivity contribution in [3.05, 3.63) is 35.9 Å². The summed E-state index contributed by atoms with van der Waals surface area (Å²) in [6.07, 6.45) is 1.16. The van der Waals surface area contributed by atoms with Crippen LogP contribution >= 0.6 is 0 Å². The quantitative estimate of drug-likeness (QED) is 0.835. The van der Waals surface area contributed by atoms with Crippen LogP contribution in [0, 0.1) is 5.41 Å². The molecule has 20 heavy (non-hydrogen) atoms. The molecule has 1 aliphatic carbocycles. The molecule has 4 heteroatoms. The second-order valence-electron chi connectivity index (χ2n) is 5.97. The minimum absolute atomic E-state index is 0.0124. The number of benzene rings is 1. The Morgan fingerprint density at radius 2 is 2.10 bits per heavy atom. The van der Waals surface area contributed by atoms with E-state index in [1.807, 2.05) is 37.3 Å². The van der Waals surface area contributed by atoms with Gasteiger partial charge in [0, 0.05) is 18.1 Å². The summed E-state index contributed by atoms with van der Waals surface area (Å²) in [5.41, 5.74) is 6.47.